The summed E-state index contributed by atoms with van der Waals surface area (Å²) in [5.74, 6) is 0.536. The molecule has 0 saturated heterocycles. The molecule has 0 atom stereocenters. The van der Waals surface area contributed by atoms with E-state index in [-0.39, 0.29) is 11.4 Å². The maximum absolute atomic E-state index is 13.7. The summed E-state index contributed by atoms with van der Waals surface area (Å²) in [5, 5.41) is 3.67. The average molecular weight is 458 g/mol. The van der Waals surface area contributed by atoms with Gasteiger partial charge in [0, 0.05) is 42.5 Å². The first-order valence-corrected chi connectivity index (χ1v) is 11.2. The van der Waals surface area contributed by atoms with Gasteiger partial charge >= 0.3 is 0 Å². The smallest absolute Gasteiger partial charge is 0.273 e. The molecule has 0 fully saturated rings. The zero-order valence-corrected chi connectivity index (χ0v) is 19.0. The summed E-state index contributed by atoms with van der Waals surface area (Å²) >= 11 is 0. The van der Waals surface area contributed by atoms with Gasteiger partial charge in [-0.2, -0.15) is 0 Å². The molecule has 0 aliphatic rings. The van der Waals surface area contributed by atoms with E-state index >= 15 is 0 Å². The topological polar surface area (TPSA) is 89.4 Å². The highest BCUT2D eigenvalue weighted by atomic mass is 32.2. The Hall–Kier alpha value is -3.59. The van der Waals surface area contributed by atoms with E-state index in [1.54, 1.807) is 58.4 Å². The molecule has 3 aromatic rings. The molecule has 0 amide bonds. The molecule has 32 heavy (non-hydrogen) atoms. The number of ether oxygens (including phenoxy) is 1. The number of sulfonamides is 1. The van der Waals surface area contributed by atoms with Gasteiger partial charge in [-0.05, 0) is 61.4 Å². The van der Waals surface area contributed by atoms with E-state index < -0.39 is 10.0 Å². The van der Waals surface area contributed by atoms with Gasteiger partial charge in [0.25, 0.3) is 15.6 Å². The average Bonchev–Trinajstić information content (AvgIpc) is 2.73. The summed E-state index contributed by atoms with van der Waals surface area (Å²) < 4.78 is 47.7. The van der Waals surface area contributed by atoms with Crippen LogP contribution in [0, 0.1) is 19.7 Å². The van der Waals surface area contributed by atoms with Crippen LogP contribution in [-0.2, 0) is 17.1 Å². The van der Waals surface area contributed by atoms with E-state index in [0.29, 0.717) is 45.1 Å². The van der Waals surface area contributed by atoms with Crippen LogP contribution in [0.25, 0.3) is 11.1 Å². The van der Waals surface area contributed by atoms with E-state index in [1.807, 2.05) is 0 Å². The van der Waals surface area contributed by atoms with Crippen LogP contribution in [0.4, 0.5) is 15.8 Å². The first kappa shape index (κ1) is 23.1. The fourth-order valence-corrected chi connectivity index (χ4v) is 3.86. The van der Waals surface area contributed by atoms with Crippen molar-refractivity contribution < 1.29 is 17.5 Å². The Labute approximate surface area is 186 Å². The number of aryl methyl sites for hydroxylation is 3. The van der Waals surface area contributed by atoms with Crippen molar-refractivity contribution in [2.75, 3.05) is 17.1 Å². The third-order valence-corrected chi connectivity index (χ3v) is 5.82. The molecule has 7 nitrogen and oxygen atoms in total. The first-order chi connectivity index (χ1) is 15.0. The molecule has 0 saturated carbocycles. The lowest BCUT2D eigenvalue weighted by Crippen LogP contribution is -2.19. The second-order valence-corrected chi connectivity index (χ2v) is 8.93. The van der Waals surface area contributed by atoms with Gasteiger partial charge in [0.05, 0.1) is 0 Å². The number of nitrogens with one attached hydrogen (secondary N) is 2. The van der Waals surface area contributed by atoms with Crippen LogP contribution in [0.15, 0.2) is 59.4 Å². The third kappa shape index (κ3) is 4.83. The first-order valence-electron chi connectivity index (χ1n) is 9.67. The SMILES string of the molecule is C=CS(=O)(=O)Nc1ccc(Oc2c(C)cc(F)cc2C)c(-c2cc(NC)c(=O)n(C)c2)c1. The van der Waals surface area contributed by atoms with Gasteiger partial charge in [0.1, 0.15) is 23.0 Å². The molecule has 2 N–H and O–H groups in total. The molecule has 1 aromatic heterocycles. The monoisotopic (exact) mass is 457 g/mol. The van der Waals surface area contributed by atoms with Gasteiger partial charge in [-0.1, -0.05) is 6.58 Å². The second kappa shape index (κ2) is 8.88. The van der Waals surface area contributed by atoms with Gasteiger partial charge < -0.3 is 14.6 Å². The predicted octanol–water partition coefficient (Wildman–Crippen LogP) is 4.53. The van der Waals surface area contributed by atoms with Crippen LogP contribution in [0.2, 0.25) is 0 Å². The Balaban J connectivity index is 2.21. The van der Waals surface area contributed by atoms with Crippen molar-refractivity contribution in [3.8, 4) is 22.6 Å². The molecule has 0 spiro atoms. The molecule has 0 unspecified atom stereocenters. The van der Waals surface area contributed by atoms with Crippen molar-refractivity contribution in [3.05, 3.63) is 81.9 Å². The fourth-order valence-electron chi connectivity index (χ4n) is 3.32. The van der Waals surface area contributed by atoms with Crippen LogP contribution in [0.3, 0.4) is 0 Å². The molecular formula is C23H24FN3O4S. The molecule has 0 aliphatic heterocycles. The normalized spacial score (nSPS) is 11.2. The van der Waals surface area contributed by atoms with Gasteiger partial charge in [0.15, 0.2) is 0 Å². The van der Waals surface area contributed by atoms with E-state index in [2.05, 4.69) is 16.6 Å². The summed E-state index contributed by atoms with van der Waals surface area (Å²) in [6, 6.07) is 9.17. The molecule has 0 aliphatic carbocycles. The van der Waals surface area contributed by atoms with Crippen LogP contribution in [-0.4, -0.2) is 20.0 Å². The number of anilines is 2. The quantitative estimate of drug-likeness (QED) is 0.544. The zero-order chi connectivity index (χ0) is 23.6. The number of aromatic nitrogens is 1. The maximum Gasteiger partial charge on any atom is 0.273 e. The molecule has 0 bridgehead atoms. The number of pyridine rings is 1. The highest BCUT2D eigenvalue weighted by molar-refractivity contribution is 7.95. The number of hydrogen-bond acceptors (Lipinski definition) is 5. The van der Waals surface area contributed by atoms with Crippen molar-refractivity contribution in [2.45, 2.75) is 13.8 Å². The second-order valence-electron chi connectivity index (χ2n) is 7.30. The van der Waals surface area contributed by atoms with E-state index in [0.717, 1.165) is 5.41 Å². The molecular weight excluding hydrogens is 433 g/mol. The summed E-state index contributed by atoms with van der Waals surface area (Å²) in [4.78, 5) is 12.3. The van der Waals surface area contributed by atoms with Gasteiger partial charge in [-0.25, -0.2) is 12.8 Å². The number of halogens is 1. The van der Waals surface area contributed by atoms with Gasteiger partial charge in [-0.3, -0.25) is 9.52 Å². The Bertz CT molecular complexity index is 1340. The minimum absolute atomic E-state index is 0.215. The van der Waals surface area contributed by atoms with Crippen LogP contribution in [0.5, 0.6) is 11.5 Å². The lowest BCUT2D eigenvalue weighted by atomic mass is 10.0. The molecule has 0 radical (unpaired) electrons. The van der Waals surface area contributed by atoms with E-state index in [1.165, 1.54) is 16.7 Å². The number of hydrogen-bond donors (Lipinski definition) is 2. The summed E-state index contributed by atoms with van der Waals surface area (Å²) in [6.07, 6.45) is 1.63. The van der Waals surface area contributed by atoms with Crippen LogP contribution >= 0.6 is 0 Å². The van der Waals surface area contributed by atoms with Gasteiger partial charge in [-0.15, -0.1) is 0 Å². The Morgan fingerprint density at radius 2 is 1.78 bits per heavy atom. The van der Waals surface area contributed by atoms with E-state index in [9.17, 15) is 17.6 Å². The van der Waals surface area contributed by atoms with Crippen molar-refractivity contribution >= 4 is 21.4 Å². The number of rotatable bonds is 7. The molecule has 9 heteroatoms. The maximum atomic E-state index is 13.7. The molecule has 1 heterocycles. The molecule has 2 aromatic carbocycles. The van der Waals surface area contributed by atoms with Gasteiger partial charge in [0.2, 0.25) is 0 Å². The predicted molar refractivity (Wildman–Crippen MR) is 125 cm³/mol. The summed E-state index contributed by atoms with van der Waals surface area (Å²) in [7, 11) is -0.472. The molecule has 168 valence electrons. The summed E-state index contributed by atoms with van der Waals surface area (Å²) in [6.45, 7) is 6.78. The van der Waals surface area contributed by atoms with E-state index in [4.69, 9.17) is 4.74 Å². The minimum Gasteiger partial charge on any atom is -0.456 e. The van der Waals surface area contributed by atoms with Crippen molar-refractivity contribution in [1.82, 2.24) is 4.57 Å². The third-order valence-electron chi connectivity index (χ3n) is 4.86. The van der Waals surface area contributed by atoms with Crippen LogP contribution < -0.4 is 20.3 Å². The van der Waals surface area contributed by atoms with Crippen LogP contribution in [0.1, 0.15) is 11.1 Å². The Morgan fingerprint density at radius 1 is 1.12 bits per heavy atom. The van der Waals surface area contributed by atoms with Crippen molar-refractivity contribution in [3.63, 3.8) is 0 Å². The Morgan fingerprint density at radius 3 is 2.38 bits per heavy atom. The fraction of sp³-hybridized carbons (Fsp3) is 0.174. The largest absolute Gasteiger partial charge is 0.456 e. The highest BCUT2D eigenvalue weighted by Crippen LogP contribution is 2.38. The standard InChI is InChI=1S/C23H24FN3O4S/c1-6-32(29,30)26-18-7-8-21(31-22-14(2)9-17(24)10-15(22)3)19(12-18)16-11-20(25-4)23(28)27(5)13-16/h6-13,25-26H,1H2,2-5H3. The minimum atomic E-state index is -3.73. The number of benzene rings is 2. The van der Waals surface area contributed by atoms with Crippen molar-refractivity contribution in [2.24, 2.45) is 7.05 Å². The lowest BCUT2D eigenvalue weighted by molar-refractivity contribution is 0.474. The zero-order valence-electron chi connectivity index (χ0n) is 18.2. The van der Waals surface area contributed by atoms with Crippen molar-refractivity contribution in [1.29, 1.82) is 0 Å². The lowest BCUT2D eigenvalue weighted by Gasteiger charge is -2.17. The molecule has 3 rings (SSSR count). The number of nitrogens with zero attached hydrogens (tertiary/aromatic N) is 1. The summed E-state index contributed by atoms with van der Waals surface area (Å²) in [5.41, 5.74) is 2.81. The highest BCUT2D eigenvalue weighted by Gasteiger charge is 2.16. The Kier molecular flexibility index (Phi) is 6.40.